The summed E-state index contributed by atoms with van der Waals surface area (Å²) in [5.41, 5.74) is 1.57. The molecule has 2 aromatic rings. The van der Waals surface area contributed by atoms with Crippen LogP contribution in [0.5, 0.6) is 5.75 Å². The first-order valence-electron chi connectivity index (χ1n) is 9.07. The van der Waals surface area contributed by atoms with Crippen LogP contribution in [0, 0.1) is 5.92 Å². The summed E-state index contributed by atoms with van der Waals surface area (Å²) in [6.45, 7) is 1.19. The van der Waals surface area contributed by atoms with E-state index >= 15 is 0 Å². The number of amides is 2. The molecule has 1 unspecified atom stereocenters. The summed E-state index contributed by atoms with van der Waals surface area (Å²) in [6, 6.07) is 16.8. The molecule has 3 rings (SSSR count). The molecule has 1 atom stereocenters. The highest BCUT2D eigenvalue weighted by molar-refractivity contribution is 5.94. The fourth-order valence-corrected chi connectivity index (χ4v) is 3.15. The summed E-state index contributed by atoms with van der Waals surface area (Å²) >= 11 is 0. The summed E-state index contributed by atoms with van der Waals surface area (Å²) in [5, 5.41) is 2.91. The number of anilines is 1. The van der Waals surface area contributed by atoms with Gasteiger partial charge in [-0.05, 0) is 30.5 Å². The molecule has 1 N–H and O–H groups in total. The largest absolute Gasteiger partial charge is 0.495 e. The number of rotatable bonds is 5. The number of nitrogens with one attached hydrogen (secondary N) is 1. The SMILES string of the molecule is COc1ccccc1NC(=O)C1CCCN(C(=O)OCc2ccccc2)C1. The number of piperidine rings is 1. The van der Waals surface area contributed by atoms with Crippen molar-refractivity contribution < 1.29 is 19.1 Å². The maximum absolute atomic E-state index is 12.6. The van der Waals surface area contributed by atoms with Gasteiger partial charge in [-0.3, -0.25) is 4.79 Å². The third-order valence-corrected chi connectivity index (χ3v) is 4.62. The molecule has 1 aliphatic heterocycles. The average molecular weight is 368 g/mol. The van der Waals surface area contributed by atoms with E-state index in [2.05, 4.69) is 5.32 Å². The molecule has 1 heterocycles. The van der Waals surface area contributed by atoms with E-state index in [0.29, 0.717) is 24.5 Å². The maximum atomic E-state index is 12.6. The predicted molar refractivity (Wildman–Crippen MR) is 103 cm³/mol. The summed E-state index contributed by atoms with van der Waals surface area (Å²) < 4.78 is 10.7. The summed E-state index contributed by atoms with van der Waals surface area (Å²) in [4.78, 5) is 26.6. The van der Waals surface area contributed by atoms with Gasteiger partial charge in [0, 0.05) is 13.1 Å². The van der Waals surface area contributed by atoms with Crippen LogP contribution in [0.15, 0.2) is 54.6 Å². The normalized spacial score (nSPS) is 16.5. The van der Waals surface area contributed by atoms with Crippen LogP contribution in [0.3, 0.4) is 0 Å². The van der Waals surface area contributed by atoms with E-state index in [1.54, 1.807) is 24.1 Å². The van der Waals surface area contributed by atoms with Gasteiger partial charge in [0.05, 0.1) is 18.7 Å². The molecule has 142 valence electrons. The molecule has 2 amide bonds. The van der Waals surface area contributed by atoms with Crippen molar-refractivity contribution in [2.75, 3.05) is 25.5 Å². The molecule has 0 aliphatic carbocycles. The fraction of sp³-hybridized carbons (Fsp3) is 0.333. The zero-order valence-electron chi connectivity index (χ0n) is 15.4. The molecule has 1 saturated heterocycles. The third-order valence-electron chi connectivity index (χ3n) is 4.62. The minimum atomic E-state index is -0.381. The molecule has 0 spiro atoms. The number of likely N-dealkylation sites (tertiary alicyclic amines) is 1. The predicted octanol–water partition coefficient (Wildman–Crippen LogP) is 3.68. The number of hydrogen-bond acceptors (Lipinski definition) is 4. The Morgan fingerprint density at radius 1 is 1.11 bits per heavy atom. The number of nitrogens with zero attached hydrogens (tertiary/aromatic N) is 1. The Morgan fingerprint density at radius 3 is 2.63 bits per heavy atom. The molecular formula is C21H24N2O4. The molecule has 1 fully saturated rings. The number of hydrogen-bond donors (Lipinski definition) is 1. The molecule has 1 aliphatic rings. The van der Waals surface area contributed by atoms with Crippen LogP contribution in [-0.2, 0) is 16.1 Å². The number of methoxy groups -OCH3 is 1. The number of benzene rings is 2. The topological polar surface area (TPSA) is 67.9 Å². The molecule has 0 saturated carbocycles. The van der Waals surface area contributed by atoms with Crippen molar-refractivity contribution in [1.82, 2.24) is 4.90 Å². The van der Waals surface area contributed by atoms with Gasteiger partial charge in [-0.25, -0.2) is 4.79 Å². The van der Waals surface area contributed by atoms with Gasteiger partial charge in [0.2, 0.25) is 5.91 Å². The Balaban J connectivity index is 1.55. The first kappa shape index (κ1) is 18.8. The van der Waals surface area contributed by atoms with Gasteiger partial charge in [0.1, 0.15) is 12.4 Å². The van der Waals surface area contributed by atoms with Crippen molar-refractivity contribution in [3.63, 3.8) is 0 Å². The minimum Gasteiger partial charge on any atom is -0.495 e. The molecule has 0 aromatic heterocycles. The van der Waals surface area contributed by atoms with E-state index in [-0.39, 0.29) is 24.5 Å². The first-order chi connectivity index (χ1) is 13.2. The third kappa shape index (κ3) is 5.00. The monoisotopic (exact) mass is 368 g/mol. The Hall–Kier alpha value is -3.02. The number of carbonyl (C=O) groups is 2. The lowest BCUT2D eigenvalue weighted by Crippen LogP contribution is -2.44. The lowest BCUT2D eigenvalue weighted by molar-refractivity contribution is -0.121. The quantitative estimate of drug-likeness (QED) is 0.874. The van der Waals surface area contributed by atoms with Crippen LogP contribution in [0.4, 0.5) is 10.5 Å². The smallest absolute Gasteiger partial charge is 0.410 e. The van der Waals surface area contributed by atoms with Crippen molar-refractivity contribution in [3.8, 4) is 5.75 Å². The Kier molecular flexibility index (Phi) is 6.30. The highest BCUT2D eigenvalue weighted by Gasteiger charge is 2.29. The molecule has 0 bridgehead atoms. The van der Waals surface area contributed by atoms with E-state index in [1.165, 1.54) is 0 Å². The van der Waals surface area contributed by atoms with Crippen molar-refractivity contribution in [3.05, 3.63) is 60.2 Å². The fourth-order valence-electron chi connectivity index (χ4n) is 3.15. The second kappa shape index (κ2) is 9.07. The van der Waals surface area contributed by atoms with Crippen LogP contribution in [-0.4, -0.2) is 37.1 Å². The van der Waals surface area contributed by atoms with Crippen LogP contribution in [0.25, 0.3) is 0 Å². The number of carbonyl (C=O) groups excluding carboxylic acids is 2. The summed E-state index contributed by atoms with van der Waals surface area (Å²) in [6.07, 6.45) is 1.13. The van der Waals surface area contributed by atoms with E-state index in [9.17, 15) is 9.59 Å². The Morgan fingerprint density at radius 2 is 1.85 bits per heavy atom. The zero-order valence-corrected chi connectivity index (χ0v) is 15.4. The van der Waals surface area contributed by atoms with Gasteiger partial charge in [-0.2, -0.15) is 0 Å². The van der Waals surface area contributed by atoms with Gasteiger partial charge in [-0.1, -0.05) is 42.5 Å². The second-order valence-corrected chi connectivity index (χ2v) is 6.51. The maximum Gasteiger partial charge on any atom is 0.410 e. The van der Waals surface area contributed by atoms with Crippen LogP contribution >= 0.6 is 0 Å². The van der Waals surface area contributed by atoms with Crippen molar-refractivity contribution in [2.45, 2.75) is 19.4 Å². The lowest BCUT2D eigenvalue weighted by Gasteiger charge is -2.31. The lowest BCUT2D eigenvalue weighted by atomic mass is 9.97. The molecule has 6 heteroatoms. The molecule has 6 nitrogen and oxygen atoms in total. The second-order valence-electron chi connectivity index (χ2n) is 6.51. The van der Waals surface area contributed by atoms with Crippen LogP contribution < -0.4 is 10.1 Å². The molecule has 27 heavy (non-hydrogen) atoms. The van der Waals surface area contributed by atoms with Crippen molar-refractivity contribution in [1.29, 1.82) is 0 Å². The van der Waals surface area contributed by atoms with E-state index in [0.717, 1.165) is 18.4 Å². The summed E-state index contributed by atoms with van der Waals surface area (Å²) in [5.74, 6) is 0.230. The molecular weight excluding hydrogens is 344 g/mol. The van der Waals surface area contributed by atoms with Gasteiger partial charge < -0.3 is 19.7 Å². The van der Waals surface area contributed by atoms with E-state index in [1.807, 2.05) is 42.5 Å². The average Bonchev–Trinajstić information content (AvgIpc) is 2.73. The van der Waals surface area contributed by atoms with Gasteiger partial charge in [0.15, 0.2) is 0 Å². The first-order valence-corrected chi connectivity index (χ1v) is 9.07. The van der Waals surface area contributed by atoms with E-state index < -0.39 is 0 Å². The Bertz CT molecular complexity index is 779. The number of ether oxygens (including phenoxy) is 2. The standard InChI is InChI=1S/C21H24N2O4/c1-26-19-12-6-5-11-18(19)22-20(24)17-10-7-13-23(14-17)21(25)27-15-16-8-3-2-4-9-16/h2-6,8-9,11-12,17H,7,10,13-15H2,1H3,(H,22,24). The highest BCUT2D eigenvalue weighted by atomic mass is 16.6. The number of para-hydroxylation sites is 2. The van der Waals surface area contributed by atoms with Gasteiger partial charge in [0.25, 0.3) is 0 Å². The molecule has 0 radical (unpaired) electrons. The minimum absolute atomic E-state index is 0.111. The van der Waals surface area contributed by atoms with Gasteiger partial charge in [-0.15, -0.1) is 0 Å². The van der Waals surface area contributed by atoms with Gasteiger partial charge >= 0.3 is 6.09 Å². The van der Waals surface area contributed by atoms with Crippen LogP contribution in [0.2, 0.25) is 0 Å². The highest BCUT2D eigenvalue weighted by Crippen LogP contribution is 2.25. The van der Waals surface area contributed by atoms with Crippen molar-refractivity contribution in [2.24, 2.45) is 5.92 Å². The van der Waals surface area contributed by atoms with Crippen molar-refractivity contribution >= 4 is 17.7 Å². The molecule has 2 aromatic carbocycles. The Labute approximate surface area is 159 Å². The zero-order chi connectivity index (χ0) is 19.1. The summed E-state index contributed by atoms with van der Waals surface area (Å²) in [7, 11) is 1.57. The van der Waals surface area contributed by atoms with Crippen LogP contribution in [0.1, 0.15) is 18.4 Å². The van der Waals surface area contributed by atoms with E-state index in [4.69, 9.17) is 9.47 Å².